The van der Waals surface area contributed by atoms with Gasteiger partial charge in [0.25, 0.3) is 14.2 Å². The second kappa shape index (κ2) is 11.1. The average Bonchev–Trinajstić information content (AvgIpc) is 2.88. The maximum atomic E-state index is 14.5. The number of aliphatic hydroxyl groups is 1. The number of hydrogen-bond acceptors (Lipinski definition) is 4. The van der Waals surface area contributed by atoms with Crippen LogP contribution in [0.5, 0.6) is 0 Å². The molecule has 4 rings (SSSR count). The minimum atomic E-state index is -3.05. The molecule has 0 aliphatic carbocycles. The van der Waals surface area contributed by atoms with Gasteiger partial charge in [0.2, 0.25) is 6.29 Å². The van der Waals surface area contributed by atoms with Crippen LogP contribution in [0.2, 0.25) is 5.04 Å². The van der Waals surface area contributed by atoms with E-state index < -0.39 is 50.4 Å². The topological polar surface area (TPSA) is 59.0 Å². The van der Waals surface area contributed by atoms with Crippen LogP contribution in [0.25, 0.3) is 0 Å². The molecule has 1 aliphatic rings. The molecule has 1 fully saturated rings. The Morgan fingerprint density at radius 1 is 0.974 bits per heavy atom. The molecule has 4 atom stereocenters. The van der Waals surface area contributed by atoms with E-state index in [2.05, 4.69) is 45.0 Å². The molecule has 0 saturated carbocycles. The Hall–Kier alpha value is -2.91. The van der Waals surface area contributed by atoms with Crippen LogP contribution in [-0.4, -0.2) is 49.3 Å². The predicted octanol–water partition coefficient (Wildman–Crippen LogP) is 4.54. The van der Waals surface area contributed by atoms with Gasteiger partial charge in [0, 0.05) is 6.54 Å². The van der Waals surface area contributed by atoms with E-state index in [9.17, 15) is 18.7 Å². The fraction of sp³-hybridized carbons (Fsp3) is 0.367. The van der Waals surface area contributed by atoms with Crippen molar-refractivity contribution >= 4 is 24.6 Å². The van der Waals surface area contributed by atoms with Gasteiger partial charge in [-0.25, -0.2) is 8.78 Å². The zero-order valence-corrected chi connectivity index (χ0v) is 23.4. The van der Waals surface area contributed by atoms with Crippen molar-refractivity contribution in [2.45, 2.75) is 64.2 Å². The highest BCUT2D eigenvalue weighted by Crippen LogP contribution is 2.40. The summed E-state index contributed by atoms with van der Waals surface area (Å²) in [4.78, 5) is 14.6. The molecule has 0 radical (unpaired) electrons. The number of carbonyl (C=O) groups is 1. The molecule has 1 N–H and O–H groups in total. The van der Waals surface area contributed by atoms with Crippen LogP contribution >= 0.6 is 0 Å². The molecular formula is C30H35F2NO4Si. The van der Waals surface area contributed by atoms with Crippen molar-refractivity contribution in [1.29, 1.82) is 0 Å². The quantitative estimate of drug-likeness (QED) is 0.448. The van der Waals surface area contributed by atoms with Crippen molar-refractivity contribution in [1.82, 2.24) is 4.90 Å². The highest BCUT2D eigenvalue weighted by molar-refractivity contribution is 6.99. The summed E-state index contributed by atoms with van der Waals surface area (Å²) in [6.45, 7) is 10.2. The van der Waals surface area contributed by atoms with E-state index in [0.29, 0.717) is 5.56 Å². The highest BCUT2D eigenvalue weighted by atomic mass is 28.4. The number of aliphatic hydroxyl groups excluding tert-OH is 1. The summed E-state index contributed by atoms with van der Waals surface area (Å²) in [5, 5.41) is 12.1. The lowest BCUT2D eigenvalue weighted by atomic mass is 9.99. The molecule has 8 heteroatoms. The highest BCUT2D eigenvalue weighted by Gasteiger charge is 2.52. The second-order valence-corrected chi connectivity index (χ2v) is 15.1. The third-order valence-electron chi connectivity index (χ3n) is 7.15. The summed E-state index contributed by atoms with van der Waals surface area (Å²) >= 11 is 0. The summed E-state index contributed by atoms with van der Waals surface area (Å²) in [5.74, 6) is -2.63. The van der Waals surface area contributed by atoms with Gasteiger partial charge in [-0.1, -0.05) is 87.5 Å². The van der Waals surface area contributed by atoms with Gasteiger partial charge in [-0.3, -0.25) is 4.79 Å². The summed E-state index contributed by atoms with van der Waals surface area (Å²) in [7, 11) is -3.05. The molecule has 0 aromatic heterocycles. The largest absolute Gasteiger partial charge is 0.402 e. The van der Waals surface area contributed by atoms with Crippen molar-refractivity contribution in [2.75, 3.05) is 6.54 Å². The van der Waals surface area contributed by atoms with E-state index in [0.717, 1.165) is 22.5 Å². The Bertz CT molecular complexity index is 1210. The summed E-state index contributed by atoms with van der Waals surface area (Å²) in [6.07, 6.45) is -2.77. The first-order valence-corrected chi connectivity index (χ1v) is 14.7. The smallest absolute Gasteiger partial charge is 0.280 e. The fourth-order valence-electron chi connectivity index (χ4n) is 5.52. The number of morpholine rings is 1. The van der Waals surface area contributed by atoms with Gasteiger partial charge in [0.05, 0.1) is 18.2 Å². The Balaban J connectivity index is 1.89. The van der Waals surface area contributed by atoms with Gasteiger partial charge in [-0.2, -0.15) is 0 Å². The minimum Gasteiger partial charge on any atom is -0.402 e. The standard InChI is InChI=1S/C30H35F2NO4Si/c1-20-19-33(28(34)29(35)36-20)27(22-16-17-25(31)26(32)18-22)21(2)37-38(30(3,4)5,23-12-8-6-9-13-23)24-14-10-7-11-15-24/h6-18,20-21,27,29,35H,19H2,1-5H3/t20?,21-,27+,29+/m1/s1. The lowest BCUT2D eigenvalue weighted by Gasteiger charge is -2.48. The first kappa shape index (κ1) is 28.1. The number of hydrogen-bond donors (Lipinski definition) is 1. The number of benzene rings is 3. The van der Waals surface area contributed by atoms with Gasteiger partial charge >= 0.3 is 0 Å². The van der Waals surface area contributed by atoms with Crippen molar-refractivity contribution in [3.05, 3.63) is 96.1 Å². The first-order chi connectivity index (χ1) is 18.0. The van der Waals surface area contributed by atoms with Crippen LogP contribution in [0.1, 0.15) is 46.2 Å². The average molecular weight is 540 g/mol. The molecule has 1 unspecified atom stereocenters. The molecule has 5 nitrogen and oxygen atoms in total. The van der Waals surface area contributed by atoms with Crippen LogP contribution in [0.4, 0.5) is 8.78 Å². The predicted molar refractivity (Wildman–Crippen MR) is 146 cm³/mol. The molecule has 0 spiro atoms. The SMILES string of the molecule is CC1CN([C@H](c2ccc(F)c(F)c2)[C@@H](C)O[Si](c2ccccc2)(c2ccccc2)C(C)(C)C)C(=O)[C@@H](O)O1. The third kappa shape index (κ3) is 5.31. The van der Waals surface area contributed by atoms with Crippen LogP contribution in [-0.2, 0) is 14.0 Å². The van der Waals surface area contributed by atoms with Crippen molar-refractivity contribution in [3.63, 3.8) is 0 Å². The molecule has 3 aromatic carbocycles. The zero-order valence-electron chi connectivity index (χ0n) is 22.4. The number of halogens is 2. The molecule has 1 aliphatic heterocycles. The summed E-state index contributed by atoms with van der Waals surface area (Å²) < 4.78 is 41.0. The summed E-state index contributed by atoms with van der Waals surface area (Å²) in [5.41, 5.74) is 0.379. The van der Waals surface area contributed by atoms with Crippen LogP contribution in [0.3, 0.4) is 0 Å². The van der Waals surface area contributed by atoms with Crippen LogP contribution in [0, 0.1) is 11.6 Å². The van der Waals surface area contributed by atoms with Crippen LogP contribution < -0.4 is 10.4 Å². The lowest BCUT2D eigenvalue weighted by molar-refractivity contribution is -0.203. The van der Waals surface area contributed by atoms with Crippen molar-refractivity contribution in [3.8, 4) is 0 Å². The Morgan fingerprint density at radius 3 is 2.03 bits per heavy atom. The summed E-state index contributed by atoms with van der Waals surface area (Å²) in [6, 6.07) is 22.9. The molecule has 38 heavy (non-hydrogen) atoms. The monoisotopic (exact) mass is 539 g/mol. The Kier molecular flexibility index (Phi) is 8.18. The number of amides is 1. The van der Waals surface area contributed by atoms with Gasteiger partial charge < -0.3 is 19.2 Å². The Labute approximate surface area is 224 Å². The second-order valence-electron chi connectivity index (χ2n) is 10.9. The van der Waals surface area contributed by atoms with E-state index in [1.54, 1.807) is 6.92 Å². The third-order valence-corrected chi connectivity index (χ3v) is 12.3. The minimum absolute atomic E-state index is 0.161. The molecule has 1 amide bonds. The maximum Gasteiger partial charge on any atom is 0.280 e. The lowest BCUT2D eigenvalue weighted by Crippen LogP contribution is -2.68. The maximum absolute atomic E-state index is 14.5. The van der Waals surface area contributed by atoms with E-state index in [1.165, 1.54) is 11.0 Å². The molecule has 1 saturated heterocycles. The Morgan fingerprint density at radius 2 is 1.53 bits per heavy atom. The molecule has 1 heterocycles. The van der Waals surface area contributed by atoms with E-state index in [1.807, 2.05) is 43.3 Å². The van der Waals surface area contributed by atoms with E-state index >= 15 is 0 Å². The molecule has 0 bridgehead atoms. The van der Waals surface area contributed by atoms with Gasteiger partial charge in [0.1, 0.15) is 0 Å². The number of carbonyl (C=O) groups excluding carboxylic acids is 1. The van der Waals surface area contributed by atoms with Gasteiger partial charge in [-0.05, 0) is 47.0 Å². The van der Waals surface area contributed by atoms with E-state index in [4.69, 9.17) is 9.16 Å². The van der Waals surface area contributed by atoms with Gasteiger partial charge in [0.15, 0.2) is 11.6 Å². The zero-order chi connectivity index (χ0) is 27.7. The number of rotatable bonds is 7. The van der Waals surface area contributed by atoms with Crippen molar-refractivity contribution in [2.24, 2.45) is 0 Å². The first-order valence-electron chi connectivity index (χ1n) is 12.8. The number of nitrogens with zero attached hydrogens (tertiary/aromatic N) is 1. The van der Waals surface area contributed by atoms with Crippen molar-refractivity contribution < 1.29 is 27.8 Å². The molecule has 3 aromatic rings. The molecular weight excluding hydrogens is 504 g/mol. The molecule has 202 valence electrons. The number of ether oxygens (including phenoxy) is 1. The van der Waals surface area contributed by atoms with Crippen LogP contribution in [0.15, 0.2) is 78.9 Å². The normalized spacial score (nSPS) is 20.3. The van der Waals surface area contributed by atoms with E-state index in [-0.39, 0.29) is 11.6 Å². The van der Waals surface area contributed by atoms with Gasteiger partial charge in [-0.15, -0.1) is 0 Å². The fourth-order valence-corrected chi connectivity index (χ4v) is 10.2.